The molecule has 0 saturated carbocycles. The lowest BCUT2D eigenvalue weighted by molar-refractivity contribution is 0.0406. The first-order chi connectivity index (χ1) is 17.8. The zero-order valence-electron chi connectivity index (χ0n) is 20.7. The van der Waals surface area contributed by atoms with Crippen molar-refractivity contribution in [3.05, 3.63) is 76.3 Å². The van der Waals surface area contributed by atoms with Crippen molar-refractivity contribution in [1.82, 2.24) is 4.90 Å². The predicted octanol–water partition coefficient (Wildman–Crippen LogP) is 4.51. The van der Waals surface area contributed by atoms with Gasteiger partial charge in [-0.2, -0.15) is 12.6 Å². The molecule has 7 nitrogen and oxygen atoms in total. The van der Waals surface area contributed by atoms with Crippen LogP contribution >= 0.6 is 12.6 Å². The van der Waals surface area contributed by atoms with Gasteiger partial charge in [0.25, 0.3) is 23.6 Å². The fourth-order valence-corrected chi connectivity index (χ4v) is 5.50. The molecule has 0 bridgehead atoms. The summed E-state index contributed by atoms with van der Waals surface area (Å²) in [7, 11) is 0. The number of thiol groups is 1. The molecule has 0 aliphatic carbocycles. The van der Waals surface area contributed by atoms with Gasteiger partial charge in [-0.15, -0.1) is 0 Å². The summed E-state index contributed by atoms with van der Waals surface area (Å²) in [5, 5.41) is 10.5. The molecule has 3 aromatic carbocycles. The smallest absolute Gasteiger partial charge is 0.265 e. The summed E-state index contributed by atoms with van der Waals surface area (Å²) in [5.74, 6) is -1.39. The van der Waals surface area contributed by atoms with Crippen LogP contribution in [0.5, 0.6) is 0 Å². The number of carbonyl (C=O) groups excluding carboxylic acids is 4. The Labute approximate surface area is 220 Å². The Kier molecular flexibility index (Phi) is 6.64. The molecule has 8 heteroatoms. The zero-order chi connectivity index (χ0) is 26.4. The molecular weight excluding hydrogens is 488 g/mol. The molecule has 0 fully saturated rings. The second kappa shape index (κ2) is 9.76. The second-order valence-electron chi connectivity index (χ2n) is 9.84. The normalized spacial score (nSPS) is 15.8. The van der Waals surface area contributed by atoms with Crippen LogP contribution in [0, 0.1) is 5.92 Å². The maximum absolute atomic E-state index is 13.6. The molecule has 190 valence electrons. The third kappa shape index (κ3) is 3.95. The van der Waals surface area contributed by atoms with Gasteiger partial charge in [-0.1, -0.05) is 26.0 Å². The number of nitrogens with zero attached hydrogens (tertiary/aromatic N) is 2. The van der Waals surface area contributed by atoms with Crippen molar-refractivity contribution in [3.8, 4) is 0 Å². The van der Waals surface area contributed by atoms with Crippen molar-refractivity contribution in [1.29, 1.82) is 0 Å². The van der Waals surface area contributed by atoms with Crippen molar-refractivity contribution in [2.24, 2.45) is 5.92 Å². The SMILES string of the molecule is CC(C)C(CO)N1C(=O)c2ccc3c4c(ccc(c24)C1=O)C(=O)N(c1ccc(CCCCS)cc1)C3=O. The fraction of sp³-hybridized carbons (Fsp3) is 0.310. The Morgan fingerprint density at radius 3 is 1.65 bits per heavy atom. The molecule has 0 spiro atoms. The van der Waals surface area contributed by atoms with Crippen molar-refractivity contribution >= 4 is 52.7 Å². The third-order valence-corrected chi connectivity index (χ3v) is 7.60. The average Bonchev–Trinajstić information content (AvgIpc) is 2.89. The van der Waals surface area contributed by atoms with Crippen LogP contribution in [0.2, 0.25) is 0 Å². The third-order valence-electron chi connectivity index (χ3n) is 7.28. The number of aryl methyl sites for hydroxylation is 1. The van der Waals surface area contributed by atoms with Crippen molar-refractivity contribution in [2.45, 2.75) is 39.2 Å². The predicted molar refractivity (Wildman–Crippen MR) is 145 cm³/mol. The first-order valence-corrected chi connectivity index (χ1v) is 13.1. The fourth-order valence-electron chi connectivity index (χ4n) is 5.27. The highest BCUT2D eigenvalue weighted by Crippen LogP contribution is 2.39. The quantitative estimate of drug-likeness (QED) is 0.261. The van der Waals surface area contributed by atoms with E-state index in [2.05, 4.69) is 12.6 Å². The minimum absolute atomic E-state index is 0.154. The lowest BCUT2D eigenvalue weighted by atomic mass is 9.85. The number of aliphatic hydroxyl groups is 1. The summed E-state index contributed by atoms with van der Waals surface area (Å²) in [6, 6.07) is 12.9. The van der Waals surface area contributed by atoms with Crippen LogP contribution in [-0.2, 0) is 6.42 Å². The number of aliphatic hydroxyl groups excluding tert-OH is 1. The van der Waals surface area contributed by atoms with E-state index < -0.39 is 29.7 Å². The lowest BCUT2D eigenvalue weighted by Crippen LogP contribution is -2.51. The molecule has 5 rings (SSSR count). The summed E-state index contributed by atoms with van der Waals surface area (Å²) in [4.78, 5) is 56.3. The maximum Gasteiger partial charge on any atom is 0.265 e. The van der Waals surface area contributed by atoms with E-state index in [9.17, 15) is 24.3 Å². The van der Waals surface area contributed by atoms with Gasteiger partial charge in [0.05, 0.1) is 18.3 Å². The summed E-state index contributed by atoms with van der Waals surface area (Å²) in [5.41, 5.74) is 2.61. The monoisotopic (exact) mass is 516 g/mol. The Morgan fingerprint density at radius 2 is 1.22 bits per heavy atom. The molecule has 0 saturated heterocycles. The average molecular weight is 517 g/mol. The van der Waals surface area contributed by atoms with Crippen LogP contribution in [0.1, 0.15) is 73.7 Å². The van der Waals surface area contributed by atoms with E-state index in [0.717, 1.165) is 40.4 Å². The van der Waals surface area contributed by atoms with Crippen molar-refractivity contribution in [2.75, 3.05) is 17.3 Å². The van der Waals surface area contributed by atoms with Gasteiger partial charge in [-0.05, 0) is 72.9 Å². The maximum atomic E-state index is 13.6. The highest BCUT2D eigenvalue weighted by atomic mass is 32.1. The van der Waals surface area contributed by atoms with E-state index in [1.54, 1.807) is 24.3 Å². The number of hydrogen-bond acceptors (Lipinski definition) is 6. The standard InChI is InChI=1S/C29H28N2O5S/c1-16(2)23(15-32)31-28(35)21-12-10-19-24-20(11-13-22(25(21)24)29(31)36)27(34)30(26(19)33)18-8-6-17(7-9-18)5-3-4-14-37/h6-13,16,23,32,37H,3-5,14-15H2,1-2H3. The van der Waals surface area contributed by atoms with Gasteiger partial charge in [-0.25, -0.2) is 4.90 Å². The number of imide groups is 2. The first-order valence-electron chi connectivity index (χ1n) is 12.5. The Morgan fingerprint density at radius 1 is 0.730 bits per heavy atom. The minimum Gasteiger partial charge on any atom is -0.394 e. The largest absolute Gasteiger partial charge is 0.394 e. The van der Waals surface area contributed by atoms with Gasteiger partial charge in [0.2, 0.25) is 0 Å². The Balaban J connectivity index is 1.58. The van der Waals surface area contributed by atoms with Crippen LogP contribution in [0.4, 0.5) is 5.69 Å². The Bertz CT molecular complexity index is 1380. The molecule has 3 aromatic rings. The van der Waals surface area contributed by atoms with Gasteiger partial charge < -0.3 is 5.11 Å². The first kappa shape index (κ1) is 25.2. The van der Waals surface area contributed by atoms with Gasteiger partial charge in [-0.3, -0.25) is 24.1 Å². The molecule has 1 N–H and O–H groups in total. The van der Waals surface area contributed by atoms with Gasteiger partial charge in [0, 0.05) is 33.0 Å². The summed E-state index contributed by atoms with van der Waals surface area (Å²) in [6.07, 6.45) is 2.92. The molecule has 4 amide bonds. The van der Waals surface area contributed by atoms with Gasteiger partial charge in [0.1, 0.15) is 0 Å². The molecule has 1 unspecified atom stereocenters. The lowest BCUT2D eigenvalue weighted by Gasteiger charge is -2.36. The number of hydrogen-bond donors (Lipinski definition) is 2. The molecule has 1 atom stereocenters. The number of amides is 4. The molecule has 2 aliphatic heterocycles. The molecular formula is C29H28N2O5S. The van der Waals surface area contributed by atoms with E-state index in [-0.39, 0.29) is 34.8 Å². The van der Waals surface area contributed by atoms with Crippen LogP contribution < -0.4 is 4.90 Å². The minimum atomic E-state index is -0.685. The summed E-state index contributed by atoms with van der Waals surface area (Å²) < 4.78 is 0. The van der Waals surface area contributed by atoms with Crippen LogP contribution in [0.15, 0.2) is 48.5 Å². The summed E-state index contributed by atoms with van der Waals surface area (Å²) in [6.45, 7) is 3.30. The van der Waals surface area contributed by atoms with Crippen molar-refractivity contribution in [3.63, 3.8) is 0 Å². The van der Waals surface area contributed by atoms with E-state index in [1.165, 1.54) is 12.1 Å². The van der Waals surface area contributed by atoms with Crippen LogP contribution in [-0.4, -0.2) is 52.0 Å². The summed E-state index contributed by atoms with van der Waals surface area (Å²) >= 11 is 4.24. The van der Waals surface area contributed by atoms with E-state index in [1.807, 2.05) is 26.0 Å². The van der Waals surface area contributed by atoms with E-state index in [4.69, 9.17) is 0 Å². The number of unbranched alkanes of at least 4 members (excludes halogenated alkanes) is 1. The molecule has 2 aliphatic rings. The number of carbonyl (C=O) groups is 4. The Hall–Kier alpha value is -3.49. The molecule has 0 aromatic heterocycles. The molecule has 0 radical (unpaired) electrons. The molecule has 2 heterocycles. The zero-order valence-corrected chi connectivity index (χ0v) is 21.6. The van der Waals surface area contributed by atoms with Crippen molar-refractivity contribution < 1.29 is 24.3 Å². The second-order valence-corrected chi connectivity index (χ2v) is 10.3. The number of rotatable bonds is 8. The van der Waals surface area contributed by atoms with Crippen LogP contribution in [0.25, 0.3) is 10.8 Å². The molecule has 37 heavy (non-hydrogen) atoms. The number of anilines is 1. The van der Waals surface area contributed by atoms with Crippen LogP contribution in [0.3, 0.4) is 0 Å². The van der Waals surface area contributed by atoms with Gasteiger partial charge in [0.15, 0.2) is 0 Å². The highest BCUT2D eigenvalue weighted by molar-refractivity contribution is 7.80. The number of benzene rings is 3. The van der Waals surface area contributed by atoms with E-state index >= 15 is 0 Å². The highest BCUT2D eigenvalue weighted by Gasteiger charge is 2.42. The topological polar surface area (TPSA) is 95.0 Å². The van der Waals surface area contributed by atoms with Gasteiger partial charge >= 0.3 is 0 Å². The van der Waals surface area contributed by atoms with E-state index in [0.29, 0.717) is 16.5 Å².